The molecule has 0 unspecified atom stereocenters. The van der Waals surface area contributed by atoms with E-state index in [1.807, 2.05) is 0 Å². The van der Waals surface area contributed by atoms with Gasteiger partial charge in [0.1, 0.15) is 0 Å². The minimum atomic E-state index is -0.129. The smallest absolute Gasteiger partial charge is 0.305 e. The first-order chi connectivity index (χ1) is 16.3. The molecule has 6 heteroatoms. The molecule has 33 heavy (non-hydrogen) atoms. The van der Waals surface area contributed by atoms with E-state index in [4.69, 9.17) is 23.7 Å². The third-order valence-electron chi connectivity index (χ3n) is 5.44. The van der Waals surface area contributed by atoms with Crippen molar-refractivity contribution < 1.29 is 28.5 Å². The van der Waals surface area contributed by atoms with Gasteiger partial charge in [-0.2, -0.15) is 0 Å². The van der Waals surface area contributed by atoms with E-state index in [0.29, 0.717) is 65.7 Å². The topological polar surface area (TPSA) is 63.2 Å². The summed E-state index contributed by atoms with van der Waals surface area (Å²) in [5.74, 6) is -0.129. The molecule has 0 radical (unpaired) electrons. The van der Waals surface area contributed by atoms with Crippen LogP contribution in [0.15, 0.2) is 0 Å². The van der Waals surface area contributed by atoms with Gasteiger partial charge in [0.15, 0.2) is 0 Å². The van der Waals surface area contributed by atoms with Crippen LogP contribution in [0.25, 0.3) is 0 Å². The van der Waals surface area contributed by atoms with Crippen LogP contribution in [0.5, 0.6) is 0 Å². The number of rotatable bonds is 28. The van der Waals surface area contributed by atoms with Gasteiger partial charge in [-0.3, -0.25) is 4.79 Å². The summed E-state index contributed by atoms with van der Waals surface area (Å²) in [7, 11) is 0. The van der Waals surface area contributed by atoms with Crippen molar-refractivity contribution in [3.05, 3.63) is 0 Å². The second-order valence-corrected chi connectivity index (χ2v) is 8.66. The third-order valence-corrected chi connectivity index (χ3v) is 5.44. The molecule has 0 aliphatic carbocycles. The van der Waals surface area contributed by atoms with E-state index >= 15 is 0 Å². The Morgan fingerprint density at radius 2 is 0.788 bits per heavy atom. The van der Waals surface area contributed by atoms with Crippen molar-refractivity contribution in [2.75, 3.05) is 59.5 Å². The molecule has 6 nitrogen and oxygen atoms in total. The van der Waals surface area contributed by atoms with E-state index in [1.165, 1.54) is 57.8 Å². The Morgan fingerprint density at radius 1 is 0.424 bits per heavy atom. The zero-order valence-electron chi connectivity index (χ0n) is 21.9. The van der Waals surface area contributed by atoms with Crippen molar-refractivity contribution in [2.24, 2.45) is 0 Å². The Morgan fingerprint density at radius 3 is 1.30 bits per heavy atom. The van der Waals surface area contributed by atoms with Gasteiger partial charge in [0, 0.05) is 19.6 Å². The predicted octanol–water partition coefficient (Wildman–Crippen LogP) is 6.49. The van der Waals surface area contributed by atoms with Crippen LogP contribution in [0, 0.1) is 0 Å². The average Bonchev–Trinajstić information content (AvgIpc) is 2.82. The number of esters is 1. The highest BCUT2D eigenvalue weighted by Crippen LogP contribution is 2.10. The number of carbonyl (C=O) groups is 1. The van der Waals surface area contributed by atoms with Crippen molar-refractivity contribution in [1.82, 2.24) is 0 Å². The molecule has 0 bridgehead atoms. The van der Waals surface area contributed by atoms with Gasteiger partial charge >= 0.3 is 5.97 Å². The first-order valence-corrected chi connectivity index (χ1v) is 13.8. The van der Waals surface area contributed by atoms with Gasteiger partial charge in [-0.1, -0.05) is 84.5 Å². The zero-order chi connectivity index (χ0) is 24.1. The number of unbranched alkanes of at least 4 members (excludes halogenated alkanes) is 11. The summed E-state index contributed by atoms with van der Waals surface area (Å²) in [5, 5.41) is 0. The normalized spacial score (nSPS) is 11.2. The molecule has 0 saturated heterocycles. The Bertz CT molecular complexity index is 378. The summed E-state index contributed by atoms with van der Waals surface area (Å²) >= 11 is 0. The first kappa shape index (κ1) is 32.3. The Kier molecular flexibility index (Phi) is 28.7. The van der Waals surface area contributed by atoms with Crippen LogP contribution in [-0.4, -0.2) is 65.4 Å². The largest absolute Gasteiger partial charge is 0.466 e. The van der Waals surface area contributed by atoms with Crippen molar-refractivity contribution in [2.45, 2.75) is 110 Å². The van der Waals surface area contributed by atoms with Gasteiger partial charge in [-0.05, 0) is 19.3 Å². The molecule has 0 fully saturated rings. The SMILES string of the molecule is CCCCCCCCCCCCOCCOCCOCCOCCCC(=O)OCCCCC. The summed E-state index contributed by atoms with van der Waals surface area (Å²) in [4.78, 5) is 11.5. The van der Waals surface area contributed by atoms with Gasteiger partial charge in [0.2, 0.25) is 0 Å². The maximum Gasteiger partial charge on any atom is 0.305 e. The highest BCUT2D eigenvalue weighted by atomic mass is 16.6. The fraction of sp³-hybridized carbons (Fsp3) is 0.963. The molecule has 0 aliphatic heterocycles. The average molecular weight is 475 g/mol. The quantitative estimate of drug-likeness (QED) is 0.0954. The Labute approximate surface area is 204 Å². The molecule has 0 heterocycles. The molecule has 0 atom stereocenters. The maximum atomic E-state index is 11.5. The monoisotopic (exact) mass is 474 g/mol. The van der Waals surface area contributed by atoms with E-state index in [2.05, 4.69) is 13.8 Å². The summed E-state index contributed by atoms with van der Waals surface area (Å²) in [6.07, 6.45) is 17.8. The summed E-state index contributed by atoms with van der Waals surface area (Å²) in [6, 6.07) is 0. The van der Waals surface area contributed by atoms with Gasteiger partial charge in [-0.15, -0.1) is 0 Å². The van der Waals surface area contributed by atoms with Crippen LogP contribution in [0.3, 0.4) is 0 Å². The molecule has 0 N–H and O–H groups in total. The van der Waals surface area contributed by atoms with Crippen LogP contribution in [-0.2, 0) is 28.5 Å². The number of hydrogen-bond donors (Lipinski definition) is 0. The van der Waals surface area contributed by atoms with E-state index in [9.17, 15) is 4.79 Å². The predicted molar refractivity (Wildman–Crippen MR) is 135 cm³/mol. The number of hydrogen-bond acceptors (Lipinski definition) is 6. The number of carbonyl (C=O) groups excluding carboxylic acids is 1. The van der Waals surface area contributed by atoms with Crippen LogP contribution >= 0.6 is 0 Å². The third kappa shape index (κ3) is 29.3. The van der Waals surface area contributed by atoms with E-state index in [-0.39, 0.29) is 5.97 Å². The minimum Gasteiger partial charge on any atom is -0.466 e. The second-order valence-electron chi connectivity index (χ2n) is 8.66. The molecule has 0 aromatic carbocycles. The maximum absolute atomic E-state index is 11.5. The highest BCUT2D eigenvalue weighted by molar-refractivity contribution is 5.69. The molecular formula is C27H54O6. The first-order valence-electron chi connectivity index (χ1n) is 13.8. The van der Waals surface area contributed by atoms with E-state index in [0.717, 1.165) is 32.3 Å². The Hall–Kier alpha value is -0.690. The van der Waals surface area contributed by atoms with Crippen LogP contribution in [0.2, 0.25) is 0 Å². The van der Waals surface area contributed by atoms with Gasteiger partial charge in [0.25, 0.3) is 0 Å². The summed E-state index contributed by atoms with van der Waals surface area (Å²) in [5.41, 5.74) is 0. The summed E-state index contributed by atoms with van der Waals surface area (Å²) in [6.45, 7) is 9.81. The Balaban J connectivity index is 3.07. The lowest BCUT2D eigenvalue weighted by Gasteiger charge is -2.08. The van der Waals surface area contributed by atoms with Crippen LogP contribution in [0.1, 0.15) is 110 Å². The molecule has 0 spiro atoms. The van der Waals surface area contributed by atoms with Crippen molar-refractivity contribution >= 4 is 5.97 Å². The lowest BCUT2D eigenvalue weighted by molar-refractivity contribution is -0.144. The molecule has 0 saturated carbocycles. The standard InChI is InChI=1S/C27H54O6/c1-3-5-7-8-9-10-11-12-13-15-18-29-21-23-31-25-26-32-24-22-30-19-16-17-27(28)33-20-14-6-4-2/h3-26H2,1-2H3. The lowest BCUT2D eigenvalue weighted by atomic mass is 10.1. The molecule has 0 aromatic rings. The second kappa shape index (κ2) is 29.3. The van der Waals surface area contributed by atoms with Crippen LogP contribution in [0.4, 0.5) is 0 Å². The number of ether oxygens (including phenoxy) is 5. The van der Waals surface area contributed by atoms with Gasteiger partial charge in [-0.25, -0.2) is 0 Å². The van der Waals surface area contributed by atoms with Crippen LogP contribution < -0.4 is 0 Å². The highest BCUT2D eigenvalue weighted by Gasteiger charge is 2.02. The molecule has 198 valence electrons. The minimum absolute atomic E-state index is 0.129. The van der Waals surface area contributed by atoms with Crippen molar-refractivity contribution in [3.63, 3.8) is 0 Å². The fourth-order valence-corrected chi connectivity index (χ4v) is 3.38. The van der Waals surface area contributed by atoms with Gasteiger partial charge in [0.05, 0.1) is 46.2 Å². The molecule has 0 aromatic heterocycles. The lowest BCUT2D eigenvalue weighted by Crippen LogP contribution is -2.12. The van der Waals surface area contributed by atoms with E-state index in [1.54, 1.807) is 0 Å². The molecule has 0 amide bonds. The zero-order valence-corrected chi connectivity index (χ0v) is 21.9. The van der Waals surface area contributed by atoms with Crippen molar-refractivity contribution in [3.8, 4) is 0 Å². The summed E-state index contributed by atoms with van der Waals surface area (Å²) < 4.78 is 27.2. The fourth-order valence-electron chi connectivity index (χ4n) is 3.38. The van der Waals surface area contributed by atoms with E-state index < -0.39 is 0 Å². The molecule has 0 aliphatic rings. The van der Waals surface area contributed by atoms with Gasteiger partial charge < -0.3 is 23.7 Å². The molecule has 0 rings (SSSR count). The molecular weight excluding hydrogens is 420 g/mol. The van der Waals surface area contributed by atoms with Crippen molar-refractivity contribution in [1.29, 1.82) is 0 Å².